The number of rotatable bonds is 4. The first-order chi connectivity index (χ1) is 16.8. The smallest absolute Gasteiger partial charge is 0.564 e. The summed E-state index contributed by atoms with van der Waals surface area (Å²) in [4.78, 5) is 0. The van der Waals surface area contributed by atoms with Gasteiger partial charge in [-0.05, 0) is 11.4 Å². The number of hydrogen-bond acceptors (Lipinski definition) is 4. The molecule has 0 amide bonds. The third-order valence-corrected chi connectivity index (χ3v) is 5.40. The van der Waals surface area contributed by atoms with E-state index < -0.39 is 101 Å². The Balaban J connectivity index is 0.000000722. The first kappa shape index (κ1) is 36.4. The zero-order chi connectivity index (χ0) is 30.3. The van der Waals surface area contributed by atoms with Crippen LogP contribution in [0.25, 0.3) is 9.44 Å². The second-order valence-electron chi connectivity index (χ2n) is 5.86. The zero-order valence-electron chi connectivity index (χ0n) is 17.1. The largest absolute Gasteiger partial charge is 2.00 e. The van der Waals surface area contributed by atoms with E-state index in [0.717, 1.165) is 0 Å². The predicted octanol–water partition coefficient (Wildman–Crippen LogP) is 6.47. The molecule has 0 fully saturated rings. The van der Waals surface area contributed by atoms with Crippen LogP contribution in [-0.4, -0.2) is 27.9 Å². The molecule has 0 aliphatic carbocycles. The normalized spacial score (nSPS) is 12.3. The van der Waals surface area contributed by atoms with Crippen LogP contribution in [0.3, 0.4) is 0 Å². The molecule has 0 aliphatic heterocycles. The van der Waals surface area contributed by atoms with Crippen LogP contribution in [-0.2, 0) is 39.5 Å². The summed E-state index contributed by atoms with van der Waals surface area (Å²) in [5, 5.41) is 0. The van der Waals surface area contributed by atoms with E-state index in [1.165, 1.54) is 0 Å². The summed E-state index contributed by atoms with van der Waals surface area (Å²) in [5.41, 5.74) is -17.0. The Morgan fingerprint density at radius 1 is 0.385 bits per heavy atom. The van der Waals surface area contributed by atoms with Gasteiger partial charge < -0.3 is 9.44 Å². The molecular formula is C14F16N2O4S2Zn. The van der Waals surface area contributed by atoms with Gasteiger partial charge in [-0.2, -0.15) is 26.3 Å². The Kier molecular flexibility index (Phi) is 11.1. The Labute approximate surface area is 216 Å². The molecule has 2 aromatic rings. The molecule has 0 radical (unpaired) electrons. The van der Waals surface area contributed by atoms with E-state index in [2.05, 4.69) is 0 Å². The van der Waals surface area contributed by atoms with Crippen molar-refractivity contribution >= 4 is 31.4 Å². The molecule has 0 spiro atoms. The van der Waals surface area contributed by atoms with E-state index in [4.69, 9.17) is 0 Å². The summed E-state index contributed by atoms with van der Waals surface area (Å²) in [5.74, 6) is -26.9. The Morgan fingerprint density at radius 3 is 0.692 bits per heavy atom. The minimum Gasteiger partial charge on any atom is -0.564 e. The first-order valence-corrected chi connectivity index (χ1v) is 10.8. The molecule has 216 valence electrons. The van der Waals surface area contributed by atoms with E-state index in [1.54, 1.807) is 9.44 Å². The van der Waals surface area contributed by atoms with Crippen molar-refractivity contribution in [3.05, 3.63) is 67.6 Å². The number of nitrogens with zero attached hydrogens (tertiary/aromatic N) is 2. The Hall–Kier alpha value is -2.56. The maximum Gasteiger partial charge on any atom is 2.00 e. The fourth-order valence-electron chi connectivity index (χ4n) is 1.69. The maximum absolute atomic E-state index is 12.9. The van der Waals surface area contributed by atoms with Crippen molar-refractivity contribution in [3.63, 3.8) is 0 Å². The van der Waals surface area contributed by atoms with Gasteiger partial charge in [0.2, 0.25) is 0 Å². The number of halogens is 16. The van der Waals surface area contributed by atoms with Gasteiger partial charge in [-0.15, -0.1) is 0 Å². The Bertz CT molecular complexity index is 1310. The van der Waals surface area contributed by atoms with Gasteiger partial charge in [-0.25, -0.2) is 60.7 Å². The summed E-state index contributed by atoms with van der Waals surface area (Å²) in [6.07, 6.45) is 0. The molecule has 2 aromatic carbocycles. The fourth-order valence-corrected chi connectivity index (χ4v) is 2.70. The van der Waals surface area contributed by atoms with Crippen LogP contribution in [0.15, 0.2) is 0 Å². The minimum atomic E-state index is -6.45. The summed E-state index contributed by atoms with van der Waals surface area (Å²) in [6.45, 7) is 0. The molecule has 0 bridgehead atoms. The molecule has 0 atom stereocenters. The van der Waals surface area contributed by atoms with Gasteiger partial charge in [-0.1, -0.05) is 0 Å². The van der Waals surface area contributed by atoms with Crippen molar-refractivity contribution in [1.82, 2.24) is 0 Å². The van der Waals surface area contributed by atoms with Crippen molar-refractivity contribution in [1.29, 1.82) is 0 Å². The molecule has 0 aliphatic rings. The third-order valence-electron chi connectivity index (χ3n) is 3.38. The summed E-state index contributed by atoms with van der Waals surface area (Å²) < 4.78 is 243. The van der Waals surface area contributed by atoms with Crippen LogP contribution in [0.1, 0.15) is 0 Å². The van der Waals surface area contributed by atoms with Crippen molar-refractivity contribution in [2.45, 2.75) is 11.0 Å². The number of benzene rings is 2. The van der Waals surface area contributed by atoms with Crippen molar-refractivity contribution in [3.8, 4) is 0 Å². The maximum atomic E-state index is 12.9. The zero-order valence-corrected chi connectivity index (χ0v) is 21.7. The second kappa shape index (κ2) is 11.9. The first-order valence-electron chi connectivity index (χ1n) is 7.91. The summed E-state index contributed by atoms with van der Waals surface area (Å²) in [7, 11) is -12.9. The number of alkyl halides is 6. The van der Waals surface area contributed by atoms with Gasteiger partial charge >= 0.3 is 30.5 Å². The standard InChI is InChI=1S/2C7F8NO2S.Zn/c2*8-1-2(9)4(11)6(5(12)3(1)10)16-19(17,18)7(13,14)15;/q2*-1;+2. The van der Waals surface area contributed by atoms with E-state index in [1.807, 2.05) is 0 Å². The van der Waals surface area contributed by atoms with Crippen LogP contribution in [0.4, 0.5) is 81.6 Å². The predicted molar refractivity (Wildman–Crippen MR) is 88.5 cm³/mol. The van der Waals surface area contributed by atoms with Gasteiger partial charge in [0.25, 0.3) is 0 Å². The summed E-state index contributed by atoms with van der Waals surface area (Å²) in [6, 6.07) is 0. The molecule has 0 N–H and O–H groups in total. The molecule has 0 saturated heterocycles. The van der Waals surface area contributed by atoms with E-state index in [0.29, 0.717) is 0 Å². The molecule has 6 nitrogen and oxygen atoms in total. The van der Waals surface area contributed by atoms with Crippen LogP contribution >= 0.6 is 0 Å². The molecule has 0 unspecified atom stereocenters. The van der Waals surface area contributed by atoms with Crippen molar-refractivity contribution in [2.75, 3.05) is 0 Å². The molecule has 39 heavy (non-hydrogen) atoms. The third kappa shape index (κ3) is 7.35. The quantitative estimate of drug-likeness (QED) is 0.159. The monoisotopic (exact) mass is 692 g/mol. The second-order valence-corrected chi connectivity index (χ2v) is 9.05. The van der Waals surface area contributed by atoms with E-state index in [-0.39, 0.29) is 19.5 Å². The van der Waals surface area contributed by atoms with Crippen LogP contribution in [0.5, 0.6) is 0 Å². The molecule has 0 saturated carbocycles. The molecule has 25 heteroatoms. The van der Waals surface area contributed by atoms with Gasteiger partial charge in [0.1, 0.15) is 0 Å². The average molecular weight is 694 g/mol. The van der Waals surface area contributed by atoms with Crippen molar-refractivity contribution in [2.24, 2.45) is 0 Å². The Morgan fingerprint density at radius 2 is 0.538 bits per heavy atom. The van der Waals surface area contributed by atoms with Crippen LogP contribution in [0, 0.1) is 58.2 Å². The van der Waals surface area contributed by atoms with Gasteiger partial charge in [0.05, 0.1) is 0 Å². The molecule has 0 heterocycles. The van der Waals surface area contributed by atoms with E-state index >= 15 is 0 Å². The van der Waals surface area contributed by atoms with E-state index in [9.17, 15) is 87.1 Å². The molecular weight excluding hydrogens is 694 g/mol. The van der Waals surface area contributed by atoms with Crippen molar-refractivity contribution < 1.29 is 107 Å². The molecule has 2 rings (SSSR count). The minimum absolute atomic E-state index is 0. The number of sulfonamides is 2. The summed E-state index contributed by atoms with van der Waals surface area (Å²) >= 11 is 0. The van der Waals surface area contributed by atoms with Gasteiger partial charge in [0.15, 0.2) is 78.2 Å². The fraction of sp³-hybridized carbons (Fsp3) is 0.143. The van der Waals surface area contributed by atoms with Crippen LogP contribution in [0.2, 0.25) is 0 Å². The molecule has 0 aromatic heterocycles. The average Bonchev–Trinajstić information content (AvgIpc) is 2.78. The van der Waals surface area contributed by atoms with Gasteiger partial charge in [-0.3, -0.25) is 0 Å². The topological polar surface area (TPSA) is 96.5 Å². The van der Waals surface area contributed by atoms with Gasteiger partial charge in [0, 0.05) is 0 Å². The SMILES string of the molecule is O=S(=O)([N-]c1c(F)c(F)c(F)c(F)c1F)C(F)(F)F.O=S(=O)([N-]c1c(F)c(F)c(F)c(F)c1F)C(F)(F)F.[Zn+2]. The van der Waals surface area contributed by atoms with Crippen LogP contribution < -0.4 is 0 Å². The number of hydrogen-bond donors (Lipinski definition) is 0.